The first-order chi connectivity index (χ1) is 6.68. The molecule has 0 aromatic carbocycles. The van der Waals surface area contributed by atoms with Crippen molar-refractivity contribution >= 4 is 11.6 Å². The Morgan fingerprint density at radius 1 is 1.57 bits per heavy atom. The molecule has 2 heterocycles. The van der Waals surface area contributed by atoms with E-state index in [0.717, 1.165) is 5.56 Å². The van der Waals surface area contributed by atoms with E-state index in [1.807, 2.05) is 0 Å². The van der Waals surface area contributed by atoms with Crippen molar-refractivity contribution in [2.75, 3.05) is 0 Å². The minimum Gasteiger partial charge on any atom is -0.481 e. The Hall–Kier alpha value is -1.91. The molecule has 72 valence electrons. The molecule has 5 nitrogen and oxygen atoms in total. The third-order valence-corrected chi connectivity index (χ3v) is 2.17. The third kappa shape index (κ3) is 1.32. The smallest absolute Gasteiger partial charge is 0.310 e. The normalized spacial score (nSPS) is 12.9. The van der Waals surface area contributed by atoms with Gasteiger partial charge in [-0.05, 0) is 18.6 Å². The SMILES string of the molecule is CC(C(=O)O)c1ccc2ncnn2c1. The maximum absolute atomic E-state index is 10.7. The second kappa shape index (κ2) is 3.10. The molecule has 14 heavy (non-hydrogen) atoms. The van der Waals surface area contributed by atoms with Crippen LogP contribution in [0, 0.1) is 0 Å². The van der Waals surface area contributed by atoms with E-state index in [1.54, 1.807) is 29.8 Å². The van der Waals surface area contributed by atoms with E-state index in [2.05, 4.69) is 10.1 Å². The summed E-state index contributed by atoms with van der Waals surface area (Å²) in [4.78, 5) is 14.7. The summed E-state index contributed by atoms with van der Waals surface area (Å²) in [6.45, 7) is 1.64. The maximum Gasteiger partial charge on any atom is 0.310 e. The van der Waals surface area contributed by atoms with E-state index in [4.69, 9.17) is 5.11 Å². The van der Waals surface area contributed by atoms with Crippen molar-refractivity contribution in [1.82, 2.24) is 14.6 Å². The number of aliphatic carboxylic acids is 1. The Balaban J connectivity index is 2.48. The van der Waals surface area contributed by atoms with E-state index in [-0.39, 0.29) is 0 Å². The Morgan fingerprint density at radius 2 is 2.36 bits per heavy atom. The molecule has 1 N–H and O–H groups in total. The lowest BCUT2D eigenvalue weighted by Gasteiger charge is -2.05. The van der Waals surface area contributed by atoms with Crippen LogP contribution in [0.1, 0.15) is 18.4 Å². The van der Waals surface area contributed by atoms with Crippen molar-refractivity contribution in [2.24, 2.45) is 0 Å². The minimum atomic E-state index is -0.843. The number of aromatic nitrogens is 3. The van der Waals surface area contributed by atoms with Crippen molar-refractivity contribution in [2.45, 2.75) is 12.8 Å². The maximum atomic E-state index is 10.7. The highest BCUT2D eigenvalue weighted by molar-refractivity contribution is 5.75. The number of hydrogen-bond donors (Lipinski definition) is 1. The summed E-state index contributed by atoms with van der Waals surface area (Å²) in [6, 6.07) is 3.50. The summed E-state index contributed by atoms with van der Waals surface area (Å²) < 4.78 is 1.56. The van der Waals surface area contributed by atoms with E-state index in [9.17, 15) is 4.79 Å². The molecule has 5 heteroatoms. The molecular weight excluding hydrogens is 182 g/mol. The first-order valence-corrected chi connectivity index (χ1v) is 4.20. The van der Waals surface area contributed by atoms with Crippen molar-refractivity contribution in [3.05, 3.63) is 30.2 Å². The monoisotopic (exact) mass is 191 g/mol. The molecule has 0 amide bonds. The van der Waals surface area contributed by atoms with Crippen LogP contribution in [0.3, 0.4) is 0 Å². The van der Waals surface area contributed by atoms with Crippen LogP contribution in [-0.2, 0) is 4.79 Å². The fourth-order valence-electron chi connectivity index (χ4n) is 1.23. The highest BCUT2D eigenvalue weighted by atomic mass is 16.4. The fourth-order valence-corrected chi connectivity index (χ4v) is 1.23. The average molecular weight is 191 g/mol. The molecular formula is C9H9N3O2. The number of rotatable bonds is 2. The minimum absolute atomic E-state index is 0.524. The summed E-state index contributed by atoms with van der Waals surface area (Å²) in [5, 5.41) is 12.7. The molecule has 0 bridgehead atoms. The van der Waals surface area contributed by atoms with Gasteiger partial charge in [-0.15, -0.1) is 0 Å². The Morgan fingerprint density at radius 3 is 3.07 bits per heavy atom. The fraction of sp³-hybridized carbons (Fsp3) is 0.222. The van der Waals surface area contributed by atoms with Gasteiger partial charge in [-0.1, -0.05) is 6.07 Å². The molecule has 2 rings (SSSR count). The second-order valence-electron chi connectivity index (χ2n) is 3.09. The topological polar surface area (TPSA) is 67.5 Å². The molecule has 2 aromatic heterocycles. The number of pyridine rings is 1. The molecule has 0 saturated heterocycles. The second-order valence-corrected chi connectivity index (χ2v) is 3.09. The molecule has 1 atom stereocenters. The Labute approximate surface area is 80.0 Å². The largest absolute Gasteiger partial charge is 0.481 e. The standard InChI is InChI=1S/C9H9N3O2/c1-6(9(13)14)7-2-3-8-10-5-11-12(8)4-7/h2-6H,1H3,(H,13,14). The van der Waals surface area contributed by atoms with E-state index >= 15 is 0 Å². The summed E-state index contributed by atoms with van der Waals surface area (Å²) in [5.41, 5.74) is 1.43. The summed E-state index contributed by atoms with van der Waals surface area (Å²) in [7, 11) is 0. The lowest BCUT2D eigenvalue weighted by Crippen LogP contribution is -2.08. The number of hydrogen-bond acceptors (Lipinski definition) is 3. The predicted molar refractivity (Wildman–Crippen MR) is 49.0 cm³/mol. The molecule has 2 aromatic rings. The van der Waals surface area contributed by atoms with E-state index < -0.39 is 11.9 Å². The molecule has 0 fully saturated rings. The van der Waals surface area contributed by atoms with Crippen LogP contribution >= 0.6 is 0 Å². The molecule has 0 aliphatic rings. The zero-order chi connectivity index (χ0) is 10.1. The Kier molecular flexibility index (Phi) is 1.92. The number of carbonyl (C=O) groups is 1. The van der Waals surface area contributed by atoms with Gasteiger partial charge in [-0.25, -0.2) is 9.50 Å². The van der Waals surface area contributed by atoms with Gasteiger partial charge >= 0.3 is 5.97 Å². The average Bonchev–Trinajstić information content (AvgIpc) is 2.62. The van der Waals surface area contributed by atoms with Crippen LogP contribution < -0.4 is 0 Å². The number of nitrogens with zero attached hydrogens (tertiary/aromatic N) is 3. The molecule has 0 aliphatic carbocycles. The van der Waals surface area contributed by atoms with Crippen molar-refractivity contribution in [1.29, 1.82) is 0 Å². The van der Waals surface area contributed by atoms with Gasteiger partial charge in [0.1, 0.15) is 6.33 Å². The van der Waals surface area contributed by atoms with Crippen LogP contribution in [0.25, 0.3) is 5.65 Å². The third-order valence-electron chi connectivity index (χ3n) is 2.17. The van der Waals surface area contributed by atoms with Crippen LogP contribution in [0.15, 0.2) is 24.7 Å². The van der Waals surface area contributed by atoms with Gasteiger partial charge in [0.25, 0.3) is 0 Å². The summed E-state index contributed by atoms with van der Waals surface area (Å²) in [5.74, 6) is -1.37. The van der Waals surface area contributed by atoms with Crippen LogP contribution in [-0.4, -0.2) is 25.7 Å². The zero-order valence-electron chi connectivity index (χ0n) is 7.58. The van der Waals surface area contributed by atoms with E-state index in [1.165, 1.54) is 6.33 Å². The number of carboxylic acids is 1. The molecule has 1 unspecified atom stereocenters. The van der Waals surface area contributed by atoms with Gasteiger partial charge in [0.2, 0.25) is 0 Å². The van der Waals surface area contributed by atoms with Crippen molar-refractivity contribution in [3.63, 3.8) is 0 Å². The number of carboxylic acid groups (broad SMARTS) is 1. The van der Waals surface area contributed by atoms with Crippen LogP contribution in [0.2, 0.25) is 0 Å². The van der Waals surface area contributed by atoms with Crippen molar-refractivity contribution < 1.29 is 9.90 Å². The number of fused-ring (bicyclic) bond motifs is 1. The van der Waals surface area contributed by atoms with Crippen LogP contribution in [0.5, 0.6) is 0 Å². The van der Waals surface area contributed by atoms with E-state index in [0.29, 0.717) is 5.65 Å². The van der Waals surface area contributed by atoms with Crippen molar-refractivity contribution in [3.8, 4) is 0 Å². The predicted octanol–water partition coefficient (Wildman–Crippen LogP) is 0.917. The highest BCUT2D eigenvalue weighted by Gasteiger charge is 2.13. The lowest BCUT2D eigenvalue weighted by molar-refractivity contribution is -0.138. The van der Waals surface area contributed by atoms with Gasteiger partial charge in [0, 0.05) is 6.20 Å². The van der Waals surface area contributed by atoms with Gasteiger partial charge < -0.3 is 5.11 Å². The molecule has 0 spiro atoms. The van der Waals surface area contributed by atoms with Gasteiger partial charge in [-0.2, -0.15) is 5.10 Å². The first kappa shape index (κ1) is 8.68. The molecule has 0 radical (unpaired) electrons. The Bertz CT molecular complexity index is 478. The summed E-state index contributed by atoms with van der Waals surface area (Å²) >= 11 is 0. The first-order valence-electron chi connectivity index (χ1n) is 4.20. The zero-order valence-corrected chi connectivity index (χ0v) is 7.58. The molecule has 0 aliphatic heterocycles. The quantitative estimate of drug-likeness (QED) is 0.766. The van der Waals surface area contributed by atoms with Gasteiger partial charge in [0.05, 0.1) is 5.92 Å². The lowest BCUT2D eigenvalue weighted by atomic mass is 10.0. The molecule has 0 saturated carbocycles. The van der Waals surface area contributed by atoms with Crippen LogP contribution in [0.4, 0.5) is 0 Å². The summed E-state index contributed by atoms with van der Waals surface area (Å²) in [6.07, 6.45) is 3.12. The van der Waals surface area contributed by atoms with Gasteiger partial charge in [-0.3, -0.25) is 4.79 Å². The van der Waals surface area contributed by atoms with Gasteiger partial charge in [0.15, 0.2) is 5.65 Å². The highest BCUT2D eigenvalue weighted by Crippen LogP contribution is 2.15.